The van der Waals surface area contributed by atoms with Crippen molar-refractivity contribution in [3.05, 3.63) is 22.4 Å². The molecular weight excluding hydrogens is 190 g/mol. The molecule has 1 aromatic heterocycles. The first kappa shape index (κ1) is 11.7. The van der Waals surface area contributed by atoms with Crippen molar-refractivity contribution in [2.75, 3.05) is 6.54 Å². The zero-order valence-corrected chi connectivity index (χ0v) is 10.2. The molecule has 1 heterocycles. The molecular formula is C12H21NS. The first-order chi connectivity index (χ1) is 6.79. The molecule has 2 atom stereocenters. The highest BCUT2D eigenvalue weighted by molar-refractivity contribution is 7.10. The zero-order valence-electron chi connectivity index (χ0n) is 9.42. The molecule has 0 bridgehead atoms. The third kappa shape index (κ3) is 3.10. The predicted molar refractivity (Wildman–Crippen MR) is 64.8 cm³/mol. The van der Waals surface area contributed by atoms with Gasteiger partial charge in [-0.2, -0.15) is 0 Å². The summed E-state index contributed by atoms with van der Waals surface area (Å²) in [4.78, 5) is 1.48. The van der Waals surface area contributed by atoms with Crippen molar-refractivity contribution < 1.29 is 0 Å². The van der Waals surface area contributed by atoms with Gasteiger partial charge >= 0.3 is 0 Å². The Hall–Kier alpha value is -0.340. The van der Waals surface area contributed by atoms with E-state index >= 15 is 0 Å². The van der Waals surface area contributed by atoms with Crippen LogP contribution in [0.3, 0.4) is 0 Å². The van der Waals surface area contributed by atoms with Crippen LogP contribution in [-0.2, 0) is 0 Å². The molecule has 0 radical (unpaired) electrons. The molecule has 0 saturated heterocycles. The average Bonchev–Trinajstić information content (AvgIpc) is 2.71. The van der Waals surface area contributed by atoms with Gasteiger partial charge in [-0.05, 0) is 30.3 Å². The molecule has 2 heteroatoms. The van der Waals surface area contributed by atoms with Gasteiger partial charge in [0.2, 0.25) is 0 Å². The Kier molecular flexibility index (Phi) is 5.20. The number of rotatable bonds is 6. The third-order valence-electron chi connectivity index (χ3n) is 2.68. The highest BCUT2D eigenvalue weighted by Crippen LogP contribution is 2.27. The van der Waals surface area contributed by atoms with Crippen LogP contribution in [0.15, 0.2) is 17.5 Å². The van der Waals surface area contributed by atoms with Gasteiger partial charge in [0.25, 0.3) is 0 Å². The van der Waals surface area contributed by atoms with Crippen LogP contribution in [0.1, 0.15) is 44.5 Å². The Morgan fingerprint density at radius 3 is 2.71 bits per heavy atom. The molecule has 0 aliphatic rings. The Morgan fingerprint density at radius 1 is 1.43 bits per heavy atom. The zero-order chi connectivity index (χ0) is 10.4. The fourth-order valence-electron chi connectivity index (χ4n) is 1.59. The largest absolute Gasteiger partial charge is 0.309 e. The molecule has 0 aromatic carbocycles. The van der Waals surface area contributed by atoms with Gasteiger partial charge in [0.05, 0.1) is 0 Å². The van der Waals surface area contributed by atoms with E-state index in [4.69, 9.17) is 0 Å². The molecule has 0 saturated carbocycles. The van der Waals surface area contributed by atoms with E-state index in [-0.39, 0.29) is 0 Å². The van der Waals surface area contributed by atoms with Gasteiger partial charge in [-0.1, -0.05) is 33.3 Å². The summed E-state index contributed by atoms with van der Waals surface area (Å²) in [6.07, 6.45) is 2.44. The molecule has 0 aliphatic heterocycles. The highest BCUT2D eigenvalue weighted by atomic mass is 32.1. The standard InChI is InChI=1S/C12H21NS/c1-4-8-13-12(10(3)5-2)11-7-6-9-14-11/h6-7,9-10,12-13H,4-5,8H2,1-3H3. The lowest BCUT2D eigenvalue weighted by Crippen LogP contribution is -2.26. The SMILES string of the molecule is CCCNC(c1cccs1)C(C)CC. The molecule has 1 N–H and O–H groups in total. The Labute approximate surface area is 91.5 Å². The normalized spacial score (nSPS) is 15.4. The van der Waals surface area contributed by atoms with Crippen molar-refractivity contribution in [3.8, 4) is 0 Å². The van der Waals surface area contributed by atoms with Crippen LogP contribution in [0.4, 0.5) is 0 Å². The number of nitrogens with one attached hydrogen (secondary N) is 1. The first-order valence-corrected chi connectivity index (χ1v) is 6.44. The van der Waals surface area contributed by atoms with E-state index in [9.17, 15) is 0 Å². The van der Waals surface area contributed by atoms with E-state index < -0.39 is 0 Å². The maximum Gasteiger partial charge on any atom is 0.0440 e. The number of hydrogen-bond acceptors (Lipinski definition) is 2. The monoisotopic (exact) mass is 211 g/mol. The molecule has 0 aliphatic carbocycles. The van der Waals surface area contributed by atoms with Crippen LogP contribution in [0, 0.1) is 5.92 Å². The minimum absolute atomic E-state index is 0.556. The van der Waals surface area contributed by atoms with Crippen molar-refractivity contribution in [3.63, 3.8) is 0 Å². The topological polar surface area (TPSA) is 12.0 Å². The van der Waals surface area contributed by atoms with Gasteiger partial charge in [0, 0.05) is 10.9 Å². The molecule has 14 heavy (non-hydrogen) atoms. The Bertz CT molecular complexity index is 230. The van der Waals surface area contributed by atoms with E-state index in [2.05, 4.69) is 43.6 Å². The molecule has 1 aromatic rings. The summed E-state index contributed by atoms with van der Waals surface area (Å²) < 4.78 is 0. The summed E-state index contributed by atoms with van der Waals surface area (Å²) in [7, 11) is 0. The van der Waals surface area contributed by atoms with Crippen LogP contribution in [0.2, 0.25) is 0 Å². The van der Waals surface area contributed by atoms with Crippen LogP contribution in [0.25, 0.3) is 0 Å². The second kappa shape index (κ2) is 6.20. The van der Waals surface area contributed by atoms with Crippen molar-refractivity contribution >= 4 is 11.3 Å². The lowest BCUT2D eigenvalue weighted by atomic mass is 9.98. The fourth-order valence-corrected chi connectivity index (χ4v) is 2.52. The summed E-state index contributed by atoms with van der Waals surface area (Å²) in [6.45, 7) is 7.92. The van der Waals surface area contributed by atoms with Gasteiger partial charge in [-0.3, -0.25) is 0 Å². The fraction of sp³-hybridized carbons (Fsp3) is 0.667. The van der Waals surface area contributed by atoms with Gasteiger partial charge < -0.3 is 5.32 Å². The molecule has 2 unspecified atom stereocenters. The number of hydrogen-bond donors (Lipinski definition) is 1. The predicted octanol–water partition coefficient (Wildman–Crippen LogP) is 3.83. The maximum atomic E-state index is 3.63. The maximum absolute atomic E-state index is 3.63. The van der Waals surface area contributed by atoms with Crippen molar-refractivity contribution in [1.29, 1.82) is 0 Å². The average molecular weight is 211 g/mol. The van der Waals surface area contributed by atoms with E-state index in [0.717, 1.165) is 12.5 Å². The summed E-state index contributed by atoms with van der Waals surface area (Å²) in [6, 6.07) is 4.94. The van der Waals surface area contributed by atoms with Crippen molar-refractivity contribution in [1.82, 2.24) is 5.32 Å². The minimum atomic E-state index is 0.556. The second-order valence-electron chi connectivity index (χ2n) is 3.83. The Balaban J connectivity index is 2.62. The molecule has 1 nitrogen and oxygen atoms in total. The van der Waals surface area contributed by atoms with Crippen LogP contribution in [0.5, 0.6) is 0 Å². The lowest BCUT2D eigenvalue weighted by molar-refractivity contribution is 0.382. The smallest absolute Gasteiger partial charge is 0.0440 e. The quantitative estimate of drug-likeness (QED) is 0.754. The van der Waals surface area contributed by atoms with E-state index in [1.54, 1.807) is 0 Å². The molecule has 0 amide bonds. The molecule has 0 fully saturated rings. The minimum Gasteiger partial charge on any atom is -0.309 e. The summed E-state index contributed by atoms with van der Waals surface area (Å²) in [5.41, 5.74) is 0. The van der Waals surface area contributed by atoms with E-state index in [1.165, 1.54) is 17.7 Å². The Morgan fingerprint density at radius 2 is 2.21 bits per heavy atom. The second-order valence-corrected chi connectivity index (χ2v) is 4.81. The molecule has 80 valence electrons. The van der Waals surface area contributed by atoms with Crippen molar-refractivity contribution in [2.24, 2.45) is 5.92 Å². The summed E-state index contributed by atoms with van der Waals surface area (Å²) in [5.74, 6) is 0.722. The van der Waals surface area contributed by atoms with Crippen LogP contribution >= 0.6 is 11.3 Å². The lowest BCUT2D eigenvalue weighted by Gasteiger charge is -2.23. The van der Waals surface area contributed by atoms with Gasteiger partial charge in [-0.25, -0.2) is 0 Å². The molecule has 0 spiro atoms. The first-order valence-electron chi connectivity index (χ1n) is 5.56. The summed E-state index contributed by atoms with van der Waals surface area (Å²) >= 11 is 1.86. The summed E-state index contributed by atoms with van der Waals surface area (Å²) in [5, 5.41) is 5.80. The van der Waals surface area contributed by atoms with Crippen LogP contribution in [-0.4, -0.2) is 6.54 Å². The van der Waals surface area contributed by atoms with E-state index in [1.807, 2.05) is 11.3 Å². The van der Waals surface area contributed by atoms with E-state index in [0.29, 0.717) is 6.04 Å². The highest BCUT2D eigenvalue weighted by Gasteiger charge is 2.17. The van der Waals surface area contributed by atoms with Gasteiger partial charge in [0.15, 0.2) is 0 Å². The van der Waals surface area contributed by atoms with Gasteiger partial charge in [-0.15, -0.1) is 11.3 Å². The number of thiophene rings is 1. The third-order valence-corrected chi connectivity index (χ3v) is 3.63. The van der Waals surface area contributed by atoms with Crippen molar-refractivity contribution in [2.45, 2.75) is 39.7 Å². The van der Waals surface area contributed by atoms with Crippen LogP contribution < -0.4 is 5.32 Å². The molecule has 1 rings (SSSR count). The van der Waals surface area contributed by atoms with Gasteiger partial charge in [0.1, 0.15) is 0 Å².